The number of carbonyl (C=O) groups excluding carboxylic acids is 1. The highest BCUT2D eigenvalue weighted by atomic mass is 32.1. The Morgan fingerprint density at radius 1 is 1.27 bits per heavy atom. The number of rotatable bonds is 3. The topological polar surface area (TPSA) is 64.1 Å². The zero-order chi connectivity index (χ0) is 15.7. The molecule has 1 aromatic carbocycles. The maximum atomic E-state index is 12.5. The van der Waals surface area contributed by atoms with Crippen LogP contribution in [0.1, 0.15) is 20.9 Å². The highest BCUT2D eigenvalue weighted by Crippen LogP contribution is 2.25. The second-order valence-corrected chi connectivity index (χ2v) is 6.06. The number of aromatic nitrogens is 2. The molecule has 0 aliphatic carbocycles. The average Bonchev–Trinajstić information content (AvgIpc) is 2.83. The molecule has 0 fully saturated rings. The van der Waals surface area contributed by atoms with E-state index in [4.69, 9.17) is 4.74 Å². The summed E-state index contributed by atoms with van der Waals surface area (Å²) in [7, 11) is 1.60. The molecule has 22 heavy (non-hydrogen) atoms. The number of anilines is 1. The first kappa shape index (κ1) is 14.5. The van der Waals surface area contributed by atoms with Gasteiger partial charge >= 0.3 is 0 Å². The Hall–Kier alpha value is -2.47. The van der Waals surface area contributed by atoms with Crippen LogP contribution < -0.4 is 10.1 Å². The maximum absolute atomic E-state index is 12.5. The van der Waals surface area contributed by atoms with Gasteiger partial charge in [0.2, 0.25) is 0 Å². The van der Waals surface area contributed by atoms with Crippen molar-refractivity contribution >= 4 is 33.3 Å². The molecule has 2 aromatic heterocycles. The molecule has 112 valence electrons. The maximum Gasteiger partial charge on any atom is 0.258 e. The summed E-state index contributed by atoms with van der Waals surface area (Å²) >= 11 is 1.47. The van der Waals surface area contributed by atoms with E-state index in [2.05, 4.69) is 15.3 Å². The number of aryl methyl sites for hydroxylation is 2. The molecule has 0 aliphatic heterocycles. The molecule has 0 spiro atoms. The number of benzene rings is 1. The minimum absolute atomic E-state index is 0.200. The van der Waals surface area contributed by atoms with Gasteiger partial charge < -0.3 is 4.74 Å². The molecule has 0 saturated heterocycles. The van der Waals surface area contributed by atoms with Gasteiger partial charge in [-0.2, -0.15) is 0 Å². The Labute approximate surface area is 132 Å². The molecule has 0 atom stereocenters. The molecule has 0 aliphatic rings. The van der Waals surface area contributed by atoms with E-state index in [1.807, 2.05) is 32.0 Å². The number of fused-ring (bicyclic) bond motifs is 1. The first-order chi connectivity index (χ1) is 10.6. The van der Waals surface area contributed by atoms with E-state index < -0.39 is 0 Å². The van der Waals surface area contributed by atoms with Gasteiger partial charge in [-0.3, -0.25) is 15.1 Å². The molecule has 0 saturated carbocycles. The lowest BCUT2D eigenvalue weighted by atomic mass is 10.1. The van der Waals surface area contributed by atoms with Crippen LogP contribution in [0.15, 0.2) is 30.5 Å². The fourth-order valence-corrected chi connectivity index (χ4v) is 2.95. The first-order valence-corrected chi connectivity index (χ1v) is 7.58. The van der Waals surface area contributed by atoms with Gasteiger partial charge in [-0.25, -0.2) is 4.98 Å². The molecule has 0 bridgehead atoms. The normalized spacial score (nSPS) is 10.7. The molecule has 5 nitrogen and oxygen atoms in total. The van der Waals surface area contributed by atoms with E-state index in [1.54, 1.807) is 19.4 Å². The molecular weight excluding hydrogens is 298 g/mol. The third-order valence-corrected chi connectivity index (χ3v) is 4.43. The van der Waals surface area contributed by atoms with Crippen LogP contribution in [0.5, 0.6) is 5.75 Å². The van der Waals surface area contributed by atoms with Crippen LogP contribution in [0.25, 0.3) is 10.9 Å². The lowest BCUT2D eigenvalue weighted by Gasteiger charge is -2.07. The van der Waals surface area contributed by atoms with Crippen LogP contribution in [-0.2, 0) is 0 Å². The number of methoxy groups -OCH3 is 1. The highest BCUT2D eigenvalue weighted by Gasteiger charge is 2.14. The first-order valence-electron chi connectivity index (χ1n) is 6.76. The van der Waals surface area contributed by atoms with Crippen LogP contribution in [0, 0.1) is 13.8 Å². The number of nitrogens with zero attached hydrogens (tertiary/aromatic N) is 2. The molecule has 1 N–H and O–H groups in total. The second-order valence-electron chi connectivity index (χ2n) is 4.86. The highest BCUT2D eigenvalue weighted by molar-refractivity contribution is 7.15. The average molecular weight is 313 g/mol. The molecule has 3 aromatic rings. The van der Waals surface area contributed by atoms with E-state index >= 15 is 0 Å². The molecule has 3 rings (SSSR count). The van der Waals surface area contributed by atoms with Crippen molar-refractivity contribution in [1.82, 2.24) is 9.97 Å². The predicted molar refractivity (Wildman–Crippen MR) is 87.8 cm³/mol. The van der Waals surface area contributed by atoms with E-state index in [0.29, 0.717) is 16.4 Å². The van der Waals surface area contributed by atoms with E-state index in [9.17, 15) is 4.79 Å². The smallest absolute Gasteiger partial charge is 0.258 e. The van der Waals surface area contributed by atoms with Gasteiger partial charge in [0.05, 0.1) is 23.9 Å². The fraction of sp³-hybridized carbons (Fsp3) is 0.188. The van der Waals surface area contributed by atoms with Gasteiger partial charge in [-0.1, -0.05) is 0 Å². The van der Waals surface area contributed by atoms with Crippen LogP contribution >= 0.6 is 11.3 Å². The summed E-state index contributed by atoms with van der Waals surface area (Å²) in [5, 5.41) is 4.21. The Kier molecular flexibility index (Phi) is 3.77. The van der Waals surface area contributed by atoms with Crippen molar-refractivity contribution in [2.75, 3.05) is 12.4 Å². The van der Waals surface area contributed by atoms with Crippen molar-refractivity contribution in [3.05, 3.63) is 46.6 Å². The van der Waals surface area contributed by atoms with Crippen LogP contribution in [0.2, 0.25) is 0 Å². The second kappa shape index (κ2) is 5.73. The van der Waals surface area contributed by atoms with Crippen molar-refractivity contribution in [2.45, 2.75) is 13.8 Å². The number of pyridine rings is 1. The van der Waals surface area contributed by atoms with Gasteiger partial charge in [0.15, 0.2) is 5.13 Å². The fourth-order valence-electron chi connectivity index (χ4n) is 2.14. The van der Waals surface area contributed by atoms with Crippen molar-refractivity contribution in [3.8, 4) is 5.75 Å². The van der Waals surface area contributed by atoms with E-state index in [1.165, 1.54) is 11.3 Å². The number of hydrogen-bond donors (Lipinski definition) is 1. The number of thiazole rings is 1. The molecule has 1 amide bonds. The summed E-state index contributed by atoms with van der Waals surface area (Å²) < 4.78 is 5.22. The summed E-state index contributed by atoms with van der Waals surface area (Å²) in [5.74, 6) is 0.491. The third-order valence-electron chi connectivity index (χ3n) is 3.44. The Bertz CT molecular complexity index is 838. The molecule has 0 radical (unpaired) electrons. The number of amides is 1. The van der Waals surface area contributed by atoms with Gasteiger partial charge in [0.25, 0.3) is 5.91 Å². The van der Waals surface area contributed by atoms with Crippen LogP contribution in [0.4, 0.5) is 5.13 Å². The van der Waals surface area contributed by atoms with Gasteiger partial charge in [-0.05, 0) is 38.1 Å². The summed E-state index contributed by atoms with van der Waals surface area (Å²) in [5.41, 5.74) is 2.23. The molecule has 2 heterocycles. The Balaban J connectivity index is 1.99. The van der Waals surface area contributed by atoms with Gasteiger partial charge in [0, 0.05) is 16.5 Å². The largest absolute Gasteiger partial charge is 0.497 e. The Morgan fingerprint density at radius 3 is 2.77 bits per heavy atom. The minimum Gasteiger partial charge on any atom is -0.497 e. The van der Waals surface area contributed by atoms with Crippen LogP contribution in [-0.4, -0.2) is 23.0 Å². The van der Waals surface area contributed by atoms with E-state index in [-0.39, 0.29) is 5.91 Å². The summed E-state index contributed by atoms with van der Waals surface area (Å²) in [6, 6.07) is 7.17. The van der Waals surface area contributed by atoms with Crippen LogP contribution in [0.3, 0.4) is 0 Å². The van der Waals surface area contributed by atoms with Gasteiger partial charge in [0.1, 0.15) is 5.75 Å². The van der Waals surface area contributed by atoms with E-state index in [0.717, 1.165) is 21.5 Å². The zero-order valence-corrected chi connectivity index (χ0v) is 13.3. The third kappa shape index (κ3) is 2.65. The standard InChI is InChI=1S/C16H15N3O2S/c1-9-10(2)22-16(18-9)19-15(20)12-6-7-17-14-5-4-11(21-3)8-13(12)14/h4-8H,1-3H3,(H,18,19,20). The van der Waals surface area contributed by atoms with Gasteiger partial charge in [-0.15, -0.1) is 11.3 Å². The van der Waals surface area contributed by atoms with Crippen molar-refractivity contribution in [2.24, 2.45) is 0 Å². The van der Waals surface area contributed by atoms with Crippen molar-refractivity contribution < 1.29 is 9.53 Å². The SMILES string of the molecule is COc1ccc2nccc(C(=O)Nc3nc(C)c(C)s3)c2c1. The van der Waals surface area contributed by atoms with Crippen molar-refractivity contribution in [3.63, 3.8) is 0 Å². The minimum atomic E-state index is -0.200. The molecule has 6 heteroatoms. The monoisotopic (exact) mass is 313 g/mol. The number of nitrogens with one attached hydrogen (secondary N) is 1. The lowest BCUT2D eigenvalue weighted by molar-refractivity contribution is 0.102. The Morgan fingerprint density at radius 2 is 2.09 bits per heavy atom. The quantitative estimate of drug-likeness (QED) is 0.803. The summed E-state index contributed by atoms with van der Waals surface area (Å²) in [6.07, 6.45) is 1.63. The number of carbonyl (C=O) groups is 1. The summed E-state index contributed by atoms with van der Waals surface area (Å²) in [4.78, 5) is 22.2. The zero-order valence-electron chi connectivity index (χ0n) is 12.5. The lowest BCUT2D eigenvalue weighted by Crippen LogP contribution is -2.12. The summed E-state index contributed by atoms with van der Waals surface area (Å²) in [6.45, 7) is 3.91. The number of hydrogen-bond acceptors (Lipinski definition) is 5. The van der Waals surface area contributed by atoms with Crippen molar-refractivity contribution in [1.29, 1.82) is 0 Å². The molecule has 0 unspecified atom stereocenters. The number of ether oxygens (including phenoxy) is 1. The predicted octanol–water partition coefficient (Wildman–Crippen LogP) is 3.57. The molecular formula is C16H15N3O2S.